The van der Waals surface area contributed by atoms with Crippen LogP contribution in [0.1, 0.15) is 16.7 Å². The average Bonchev–Trinajstić information content (AvgIpc) is 2.69. The Balaban J connectivity index is 1.63. The molecule has 7 heteroatoms. The largest absolute Gasteiger partial charge is 0.491 e. The minimum absolute atomic E-state index is 0.269. The number of fused-ring (bicyclic) bond motifs is 1. The molecule has 6 nitrogen and oxygen atoms in total. The lowest BCUT2D eigenvalue weighted by Gasteiger charge is -2.26. The molecule has 0 fully saturated rings. The fraction of sp³-hybridized carbons (Fsp3) is 0.292. The number of nitrogens with one attached hydrogen (secondary N) is 1. The van der Waals surface area contributed by atoms with E-state index in [4.69, 9.17) is 4.74 Å². The predicted molar refractivity (Wildman–Crippen MR) is 125 cm³/mol. The second-order valence-corrected chi connectivity index (χ2v) is 9.60. The van der Waals surface area contributed by atoms with E-state index in [-0.39, 0.29) is 25.6 Å². The second kappa shape index (κ2) is 9.39. The molecule has 164 valence electrons. The molecule has 31 heavy (non-hydrogen) atoms. The maximum atomic E-state index is 12.5. The summed E-state index contributed by atoms with van der Waals surface area (Å²) in [6, 6.07) is 17.6. The molecule has 0 heterocycles. The van der Waals surface area contributed by atoms with Gasteiger partial charge in [0.2, 0.25) is 15.9 Å². The summed E-state index contributed by atoms with van der Waals surface area (Å²) in [5.74, 6) is 0.363. The number of sulfonamides is 1. The van der Waals surface area contributed by atoms with Gasteiger partial charge in [0.1, 0.15) is 18.9 Å². The van der Waals surface area contributed by atoms with Crippen LogP contribution in [0.3, 0.4) is 0 Å². The maximum Gasteiger partial charge on any atom is 0.240 e. The number of hydrogen-bond acceptors (Lipinski definition) is 4. The molecule has 0 aliphatic heterocycles. The minimum Gasteiger partial charge on any atom is -0.491 e. The summed E-state index contributed by atoms with van der Waals surface area (Å²) < 4.78 is 31.8. The van der Waals surface area contributed by atoms with Crippen LogP contribution in [0.4, 0.5) is 5.69 Å². The molecule has 1 N–H and O–H groups in total. The molecule has 0 radical (unpaired) electrons. The highest BCUT2D eigenvalue weighted by molar-refractivity contribution is 7.92. The zero-order valence-corrected chi connectivity index (χ0v) is 19.1. The Morgan fingerprint density at radius 3 is 2.32 bits per heavy atom. The molecule has 1 amide bonds. The second-order valence-electron chi connectivity index (χ2n) is 7.69. The first kappa shape index (κ1) is 22.6. The van der Waals surface area contributed by atoms with Crippen molar-refractivity contribution in [2.24, 2.45) is 0 Å². The number of carbonyl (C=O) groups excluding carboxylic acids is 1. The molecule has 3 rings (SSSR count). The maximum absolute atomic E-state index is 12.5. The normalized spacial score (nSPS) is 11.4. The van der Waals surface area contributed by atoms with Crippen molar-refractivity contribution < 1.29 is 17.9 Å². The summed E-state index contributed by atoms with van der Waals surface area (Å²) in [6.07, 6.45) is 1.11. The quantitative estimate of drug-likeness (QED) is 0.542. The van der Waals surface area contributed by atoms with Gasteiger partial charge in [0.15, 0.2) is 0 Å². The molecular weight excluding hydrogens is 412 g/mol. The van der Waals surface area contributed by atoms with E-state index >= 15 is 0 Å². The molecule has 3 aromatic carbocycles. The topological polar surface area (TPSA) is 75.7 Å². The number of nitrogens with zero attached hydrogens (tertiary/aromatic N) is 1. The molecular formula is C24H28N2O4S. The molecule has 0 aliphatic carbocycles. The molecule has 0 saturated carbocycles. The van der Waals surface area contributed by atoms with Crippen molar-refractivity contribution >= 4 is 32.4 Å². The van der Waals surface area contributed by atoms with Crippen LogP contribution < -0.4 is 14.4 Å². The predicted octanol–water partition coefficient (Wildman–Crippen LogP) is 3.73. The highest BCUT2D eigenvalue weighted by Crippen LogP contribution is 2.28. The van der Waals surface area contributed by atoms with Crippen molar-refractivity contribution in [3.8, 4) is 5.75 Å². The Morgan fingerprint density at radius 2 is 1.65 bits per heavy atom. The molecule has 0 aromatic heterocycles. The van der Waals surface area contributed by atoms with E-state index in [2.05, 4.69) is 5.32 Å². The third-order valence-corrected chi connectivity index (χ3v) is 6.12. The number of anilines is 1. The van der Waals surface area contributed by atoms with Gasteiger partial charge in [-0.1, -0.05) is 54.1 Å². The minimum atomic E-state index is -3.63. The molecule has 0 atom stereocenters. The van der Waals surface area contributed by atoms with Crippen molar-refractivity contribution in [2.45, 2.75) is 20.8 Å². The SMILES string of the molecule is Cc1cc(C)c(N(CC(=O)NCCOc2cccc3ccccc23)S(C)(=O)=O)c(C)c1. The van der Waals surface area contributed by atoms with Gasteiger partial charge in [0.25, 0.3) is 0 Å². The van der Waals surface area contributed by atoms with Gasteiger partial charge in [-0.25, -0.2) is 8.42 Å². The van der Waals surface area contributed by atoms with E-state index in [9.17, 15) is 13.2 Å². The summed E-state index contributed by atoms with van der Waals surface area (Å²) in [5, 5.41) is 4.84. The lowest BCUT2D eigenvalue weighted by atomic mass is 10.1. The van der Waals surface area contributed by atoms with Gasteiger partial charge in [-0.3, -0.25) is 9.10 Å². The third kappa shape index (κ3) is 5.55. The van der Waals surface area contributed by atoms with Crippen LogP contribution in [-0.2, 0) is 14.8 Å². The fourth-order valence-corrected chi connectivity index (χ4v) is 4.76. The first-order chi connectivity index (χ1) is 14.7. The van der Waals surface area contributed by atoms with Crippen LogP contribution in [0.15, 0.2) is 54.6 Å². The summed E-state index contributed by atoms with van der Waals surface area (Å²) in [7, 11) is -3.63. The number of aryl methyl sites for hydroxylation is 3. The van der Waals surface area contributed by atoms with E-state index in [0.717, 1.165) is 43.8 Å². The number of hydrogen-bond donors (Lipinski definition) is 1. The standard InChI is InChI=1S/C24H28N2O4S/c1-17-14-18(2)24(19(3)15-17)26(31(4,28)29)16-23(27)25-12-13-30-22-11-7-9-20-8-5-6-10-21(20)22/h5-11,14-15H,12-13,16H2,1-4H3,(H,25,27). The van der Waals surface area contributed by atoms with Crippen molar-refractivity contribution in [1.82, 2.24) is 5.32 Å². The van der Waals surface area contributed by atoms with E-state index in [0.29, 0.717) is 5.69 Å². The number of amides is 1. The molecule has 0 saturated heterocycles. The fourth-order valence-electron chi connectivity index (χ4n) is 3.79. The summed E-state index contributed by atoms with van der Waals surface area (Å²) in [6.45, 7) is 5.93. The van der Waals surface area contributed by atoms with E-state index < -0.39 is 10.0 Å². The number of carbonyl (C=O) groups is 1. The molecule has 3 aromatic rings. The van der Waals surface area contributed by atoms with Crippen molar-refractivity contribution in [1.29, 1.82) is 0 Å². The van der Waals surface area contributed by atoms with Gasteiger partial charge in [-0.15, -0.1) is 0 Å². The Bertz CT molecular complexity index is 1180. The van der Waals surface area contributed by atoms with Gasteiger partial charge >= 0.3 is 0 Å². The first-order valence-corrected chi connectivity index (χ1v) is 11.9. The van der Waals surface area contributed by atoms with Gasteiger partial charge in [-0.05, 0) is 43.4 Å². The zero-order valence-electron chi connectivity index (χ0n) is 18.3. The van der Waals surface area contributed by atoms with Crippen LogP contribution in [0.5, 0.6) is 5.75 Å². The van der Waals surface area contributed by atoms with Crippen LogP contribution in [-0.4, -0.2) is 40.3 Å². The monoisotopic (exact) mass is 440 g/mol. The molecule has 0 aliphatic rings. The van der Waals surface area contributed by atoms with Crippen LogP contribution in [0.25, 0.3) is 10.8 Å². The van der Waals surface area contributed by atoms with Gasteiger partial charge in [0, 0.05) is 5.39 Å². The average molecular weight is 441 g/mol. The lowest BCUT2D eigenvalue weighted by Crippen LogP contribution is -2.42. The summed E-state index contributed by atoms with van der Waals surface area (Å²) in [5.41, 5.74) is 3.22. The van der Waals surface area contributed by atoms with Crippen molar-refractivity contribution in [2.75, 3.05) is 30.3 Å². The first-order valence-electron chi connectivity index (χ1n) is 10.1. The van der Waals surface area contributed by atoms with E-state index in [1.165, 1.54) is 0 Å². The van der Waals surface area contributed by atoms with E-state index in [1.807, 2.05) is 75.4 Å². The Labute approximate surface area is 183 Å². The van der Waals surface area contributed by atoms with Gasteiger partial charge in [0.05, 0.1) is 18.5 Å². The van der Waals surface area contributed by atoms with Gasteiger partial charge < -0.3 is 10.1 Å². The zero-order chi connectivity index (χ0) is 22.6. The van der Waals surface area contributed by atoms with Crippen LogP contribution >= 0.6 is 0 Å². The number of ether oxygens (including phenoxy) is 1. The van der Waals surface area contributed by atoms with Crippen molar-refractivity contribution in [3.05, 3.63) is 71.3 Å². The number of rotatable bonds is 8. The van der Waals surface area contributed by atoms with Crippen LogP contribution in [0.2, 0.25) is 0 Å². The smallest absolute Gasteiger partial charge is 0.240 e. The Kier molecular flexibility index (Phi) is 6.85. The van der Waals surface area contributed by atoms with E-state index in [1.54, 1.807) is 0 Å². The number of benzene rings is 3. The summed E-state index contributed by atoms with van der Waals surface area (Å²) in [4.78, 5) is 12.5. The Morgan fingerprint density at radius 1 is 1.00 bits per heavy atom. The van der Waals surface area contributed by atoms with Crippen molar-refractivity contribution in [3.63, 3.8) is 0 Å². The lowest BCUT2D eigenvalue weighted by molar-refractivity contribution is -0.119. The Hall–Kier alpha value is -3.06. The molecule has 0 bridgehead atoms. The summed E-state index contributed by atoms with van der Waals surface area (Å²) >= 11 is 0. The molecule has 0 unspecified atom stereocenters. The highest BCUT2D eigenvalue weighted by Gasteiger charge is 2.24. The van der Waals surface area contributed by atoms with Gasteiger partial charge in [-0.2, -0.15) is 0 Å². The molecule has 0 spiro atoms. The highest BCUT2D eigenvalue weighted by atomic mass is 32.2. The third-order valence-electron chi connectivity index (χ3n) is 5.00. The van der Waals surface area contributed by atoms with Crippen LogP contribution in [0, 0.1) is 20.8 Å².